The van der Waals surface area contributed by atoms with Crippen LogP contribution in [0.15, 0.2) is 59.4 Å². The highest BCUT2D eigenvalue weighted by Crippen LogP contribution is 2.20. The summed E-state index contributed by atoms with van der Waals surface area (Å²) in [4.78, 5) is 30.7. The van der Waals surface area contributed by atoms with Crippen LogP contribution >= 0.6 is 0 Å². The Labute approximate surface area is 144 Å². The summed E-state index contributed by atoms with van der Waals surface area (Å²) in [5, 5.41) is 2.79. The minimum absolute atomic E-state index is 0.147. The molecule has 3 rings (SSSR count). The van der Waals surface area contributed by atoms with Crippen LogP contribution in [0.2, 0.25) is 0 Å². The van der Waals surface area contributed by atoms with Crippen LogP contribution in [0.4, 0.5) is 5.69 Å². The highest BCUT2D eigenvalue weighted by atomic mass is 16.5. The van der Waals surface area contributed by atoms with E-state index in [0.717, 1.165) is 11.1 Å². The number of aryl methyl sites for hydroxylation is 1. The van der Waals surface area contributed by atoms with E-state index in [0.29, 0.717) is 17.1 Å². The molecule has 0 fully saturated rings. The number of aromatic nitrogens is 2. The van der Waals surface area contributed by atoms with Gasteiger partial charge in [0.15, 0.2) is 0 Å². The predicted molar refractivity (Wildman–Crippen MR) is 96.0 cm³/mol. The molecule has 2 aromatic carbocycles. The number of ether oxygens (including phenoxy) is 1. The number of methoxy groups -OCH3 is 1. The van der Waals surface area contributed by atoms with Gasteiger partial charge in [-0.05, 0) is 48.9 Å². The van der Waals surface area contributed by atoms with Gasteiger partial charge in [0.2, 0.25) is 0 Å². The Kier molecular flexibility index (Phi) is 4.61. The van der Waals surface area contributed by atoms with Crippen LogP contribution in [0.3, 0.4) is 0 Å². The molecule has 0 aliphatic rings. The number of nitrogens with zero attached hydrogens (tertiary/aromatic N) is 1. The van der Waals surface area contributed by atoms with Crippen molar-refractivity contribution < 1.29 is 9.53 Å². The number of H-pyrrole nitrogens is 1. The fourth-order valence-electron chi connectivity index (χ4n) is 2.39. The first-order valence-corrected chi connectivity index (χ1v) is 7.69. The normalized spacial score (nSPS) is 10.3. The Hall–Kier alpha value is -3.41. The molecule has 1 heterocycles. The molecule has 0 spiro atoms. The third-order valence-electron chi connectivity index (χ3n) is 3.77. The van der Waals surface area contributed by atoms with Gasteiger partial charge in [0.05, 0.1) is 12.8 Å². The summed E-state index contributed by atoms with van der Waals surface area (Å²) in [6, 6.07) is 16.1. The molecule has 0 atom stereocenters. The highest BCUT2D eigenvalue weighted by molar-refractivity contribution is 6.03. The van der Waals surface area contributed by atoms with E-state index in [1.807, 2.05) is 25.1 Å². The molecule has 2 N–H and O–H groups in total. The highest BCUT2D eigenvalue weighted by Gasteiger charge is 2.12. The average molecular weight is 335 g/mol. The van der Waals surface area contributed by atoms with Crippen molar-refractivity contribution in [3.63, 3.8) is 0 Å². The molecule has 0 bridgehead atoms. The lowest BCUT2D eigenvalue weighted by Crippen LogP contribution is -2.21. The number of nitrogens with one attached hydrogen (secondary N) is 2. The SMILES string of the molecule is COc1ccc(-c2cc(C(=O)Nc3ccccc3C)[nH]c(=O)n2)cc1. The van der Waals surface area contributed by atoms with E-state index in [9.17, 15) is 9.59 Å². The number of para-hydroxylation sites is 1. The van der Waals surface area contributed by atoms with Gasteiger partial charge in [-0.15, -0.1) is 0 Å². The van der Waals surface area contributed by atoms with E-state index in [4.69, 9.17) is 4.74 Å². The Morgan fingerprint density at radius 3 is 2.52 bits per heavy atom. The zero-order valence-corrected chi connectivity index (χ0v) is 13.9. The van der Waals surface area contributed by atoms with E-state index in [1.54, 1.807) is 43.5 Å². The van der Waals surface area contributed by atoms with Gasteiger partial charge in [-0.25, -0.2) is 4.79 Å². The Bertz CT molecular complexity index is 962. The largest absolute Gasteiger partial charge is 0.497 e. The number of carbonyl (C=O) groups is 1. The van der Waals surface area contributed by atoms with Gasteiger partial charge in [0.1, 0.15) is 11.4 Å². The standard InChI is InChI=1S/C19H17N3O3/c1-12-5-3-4-6-15(12)20-18(23)17-11-16(21-19(24)22-17)13-7-9-14(25-2)10-8-13/h3-11H,1-2H3,(H,20,23)(H,21,22,24). The van der Waals surface area contributed by atoms with Crippen LogP contribution in [-0.2, 0) is 0 Å². The lowest BCUT2D eigenvalue weighted by Gasteiger charge is -2.09. The quantitative estimate of drug-likeness (QED) is 0.767. The van der Waals surface area contributed by atoms with Crippen molar-refractivity contribution in [1.82, 2.24) is 9.97 Å². The number of benzene rings is 2. The number of carbonyl (C=O) groups excluding carboxylic acids is 1. The molecule has 0 saturated carbocycles. The van der Waals surface area contributed by atoms with Crippen LogP contribution in [0.1, 0.15) is 16.1 Å². The fraction of sp³-hybridized carbons (Fsp3) is 0.105. The number of hydrogen-bond acceptors (Lipinski definition) is 4. The summed E-state index contributed by atoms with van der Waals surface area (Å²) in [7, 11) is 1.58. The van der Waals surface area contributed by atoms with Gasteiger partial charge in [-0.3, -0.25) is 4.79 Å². The number of hydrogen-bond donors (Lipinski definition) is 2. The van der Waals surface area contributed by atoms with Gasteiger partial charge in [0.25, 0.3) is 5.91 Å². The summed E-state index contributed by atoms with van der Waals surface area (Å²) >= 11 is 0. The first-order chi connectivity index (χ1) is 12.1. The number of anilines is 1. The summed E-state index contributed by atoms with van der Waals surface area (Å²) in [6.07, 6.45) is 0. The van der Waals surface area contributed by atoms with Crippen LogP contribution in [0, 0.1) is 6.92 Å². The number of rotatable bonds is 4. The lowest BCUT2D eigenvalue weighted by molar-refractivity contribution is 0.102. The second-order valence-electron chi connectivity index (χ2n) is 5.48. The van der Waals surface area contributed by atoms with Gasteiger partial charge in [-0.2, -0.15) is 4.98 Å². The van der Waals surface area contributed by atoms with E-state index in [-0.39, 0.29) is 5.69 Å². The van der Waals surface area contributed by atoms with E-state index in [1.165, 1.54) is 0 Å². The van der Waals surface area contributed by atoms with Gasteiger partial charge < -0.3 is 15.0 Å². The molecular weight excluding hydrogens is 318 g/mol. The van der Waals surface area contributed by atoms with E-state index in [2.05, 4.69) is 15.3 Å². The monoisotopic (exact) mass is 335 g/mol. The molecule has 0 aliphatic carbocycles. The summed E-state index contributed by atoms with van der Waals surface area (Å²) in [5.74, 6) is 0.301. The number of amides is 1. The molecule has 25 heavy (non-hydrogen) atoms. The van der Waals surface area contributed by atoms with Crippen molar-refractivity contribution in [2.45, 2.75) is 6.92 Å². The maximum atomic E-state index is 12.5. The first-order valence-electron chi connectivity index (χ1n) is 7.69. The maximum absolute atomic E-state index is 12.5. The topological polar surface area (TPSA) is 84.1 Å². The summed E-state index contributed by atoms with van der Waals surface area (Å²) in [6.45, 7) is 1.90. The Balaban J connectivity index is 1.92. The van der Waals surface area contributed by atoms with Crippen LogP contribution in [0.25, 0.3) is 11.3 Å². The van der Waals surface area contributed by atoms with E-state index >= 15 is 0 Å². The molecule has 0 radical (unpaired) electrons. The zero-order valence-electron chi connectivity index (χ0n) is 13.9. The minimum Gasteiger partial charge on any atom is -0.497 e. The molecule has 3 aromatic rings. The second-order valence-corrected chi connectivity index (χ2v) is 5.48. The molecular formula is C19H17N3O3. The van der Waals surface area contributed by atoms with Gasteiger partial charge in [-0.1, -0.05) is 18.2 Å². The second kappa shape index (κ2) is 7.00. The lowest BCUT2D eigenvalue weighted by atomic mass is 10.1. The summed E-state index contributed by atoms with van der Waals surface area (Å²) < 4.78 is 5.12. The van der Waals surface area contributed by atoms with Crippen molar-refractivity contribution >= 4 is 11.6 Å². The molecule has 0 unspecified atom stereocenters. The number of aromatic amines is 1. The third kappa shape index (κ3) is 3.74. The van der Waals surface area contributed by atoms with Crippen molar-refractivity contribution in [3.05, 3.63) is 76.3 Å². The molecule has 126 valence electrons. The average Bonchev–Trinajstić information content (AvgIpc) is 2.63. The van der Waals surface area contributed by atoms with Crippen LogP contribution in [-0.4, -0.2) is 23.0 Å². The Morgan fingerprint density at radius 2 is 1.84 bits per heavy atom. The fourth-order valence-corrected chi connectivity index (χ4v) is 2.39. The van der Waals surface area contributed by atoms with Crippen LogP contribution < -0.4 is 15.7 Å². The first kappa shape index (κ1) is 16.4. The van der Waals surface area contributed by atoms with E-state index < -0.39 is 11.6 Å². The molecule has 0 aliphatic heterocycles. The Morgan fingerprint density at radius 1 is 1.12 bits per heavy atom. The molecule has 6 nitrogen and oxygen atoms in total. The predicted octanol–water partition coefficient (Wildman–Crippen LogP) is 3.01. The maximum Gasteiger partial charge on any atom is 0.346 e. The smallest absolute Gasteiger partial charge is 0.346 e. The molecule has 0 saturated heterocycles. The molecule has 6 heteroatoms. The summed E-state index contributed by atoms with van der Waals surface area (Å²) in [5.41, 5.74) is 2.33. The minimum atomic E-state index is -0.580. The van der Waals surface area contributed by atoms with Crippen molar-refractivity contribution in [3.8, 4) is 17.0 Å². The van der Waals surface area contributed by atoms with Crippen molar-refractivity contribution in [2.75, 3.05) is 12.4 Å². The zero-order chi connectivity index (χ0) is 17.8. The molecule has 1 amide bonds. The third-order valence-corrected chi connectivity index (χ3v) is 3.77. The van der Waals surface area contributed by atoms with Crippen molar-refractivity contribution in [1.29, 1.82) is 0 Å². The van der Waals surface area contributed by atoms with Gasteiger partial charge >= 0.3 is 5.69 Å². The molecule has 1 aromatic heterocycles. The van der Waals surface area contributed by atoms with Gasteiger partial charge in [0, 0.05) is 11.3 Å². The van der Waals surface area contributed by atoms with Crippen LogP contribution in [0.5, 0.6) is 5.75 Å². The van der Waals surface area contributed by atoms with Crippen molar-refractivity contribution in [2.24, 2.45) is 0 Å².